The van der Waals surface area contributed by atoms with Crippen LogP contribution < -0.4 is 5.73 Å². The van der Waals surface area contributed by atoms with Crippen LogP contribution in [-0.4, -0.2) is 20.5 Å². The van der Waals surface area contributed by atoms with Gasteiger partial charge in [0.2, 0.25) is 0 Å². The lowest BCUT2D eigenvalue weighted by Crippen LogP contribution is -2.12. The summed E-state index contributed by atoms with van der Waals surface area (Å²) < 4.78 is 22.8. The summed E-state index contributed by atoms with van der Waals surface area (Å²) in [5, 5.41) is 0.670. The molecule has 0 fully saturated rings. The van der Waals surface area contributed by atoms with Gasteiger partial charge in [0.25, 0.3) is 0 Å². The largest absolute Gasteiger partial charge is 0.383 e. The highest BCUT2D eigenvalue weighted by Crippen LogP contribution is 2.19. The topological polar surface area (TPSA) is 72.5 Å². The SMILES string of the molecule is Cc1cc(C(N)=Nc2ccc(S(C)(=O)=O)cc2)ccc1Cl. The molecule has 2 rings (SSSR count). The predicted octanol–water partition coefficient (Wildman–Crippen LogP) is 3.09. The lowest BCUT2D eigenvalue weighted by molar-refractivity contribution is 0.602. The van der Waals surface area contributed by atoms with Crippen molar-refractivity contribution in [3.05, 3.63) is 58.6 Å². The molecule has 0 aliphatic rings. The number of aryl methyl sites for hydroxylation is 1. The molecule has 21 heavy (non-hydrogen) atoms. The Hall–Kier alpha value is -1.85. The summed E-state index contributed by atoms with van der Waals surface area (Å²) in [7, 11) is -3.20. The molecule has 0 spiro atoms. The van der Waals surface area contributed by atoms with Gasteiger partial charge in [-0.1, -0.05) is 11.6 Å². The molecule has 0 heterocycles. The summed E-state index contributed by atoms with van der Waals surface area (Å²) in [4.78, 5) is 4.53. The zero-order chi connectivity index (χ0) is 15.6. The van der Waals surface area contributed by atoms with Crippen LogP contribution in [0.25, 0.3) is 0 Å². The zero-order valence-electron chi connectivity index (χ0n) is 11.7. The van der Waals surface area contributed by atoms with Gasteiger partial charge < -0.3 is 5.73 Å². The van der Waals surface area contributed by atoms with Gasteiger partial charge in [-0.15, -0.1) is 0 Å². The summed E-state index contributed by atoms with van der Waals surface area (Å²) in [5.41, 5.74) is 8.23. The number of aliphatic imine (C=N–C) groups is 1. The molecular formula is C15H15ClN2O2S. The van der Waals surface area contributed by atoms with Crippen LogP contribution in [-0.2, 0) is 9.84 Å². The first-order valence-corrected chi connectivity index (χ1v) is 8.45. The molecule has 110 valence electrons. The van der Waals surface area contributed by atoms with Crippen molar-refractivity contribution in [2.75, 3.05) is 6.26 Å². The quantitative estimate of drug-likeness (QED) is 0.697. The van der Waals surface area contributed by atoms with E-state index in [1.165, 1.54) is 12.1 Å². The summed E-state index contributed by atoms with van der Waals surface area (Å²) in [6.45, 7) is 1.89. The number of sulfone groups is 1. The zero-order valence-corrected chi connectivity index (χ0v) is 13.2. The van der Waals surface area contributed by atoms with Gasteiger partial charge in [0, 0.05) is 16.8 Å². The maximum atomic E-state index is 11.4. The monoisotopic (exact) mass is 322 g/mol. The molecule has 0 aliphatic carbocycles. The number of nitrogens with zero attached hydrogens (tertiary/aromatic N) is 1. The van der Waals surface area contributed by atoms with E-state index in [2.05, 4.69) is 4.99 Å². The van der Waals surface area contributed by atoms with Gasteiger partial charge in [0.15, 0.2) is 9.84 Å². The standard InChI is InChI=1S/C15H15ClN2O2S/c1-10-9-11(3-8-14(10)16)15(17)18-12-4-6-13(7-5-12)21(2,19)20/h3-9H,1-2H3,(H2,17,18). The predicted molar refractivity (Wildman–Crippen MR) is 86.1 cm³/mol. The van der Waals surface area contributed by atoms with Gasteiger partial charge in [0.05, 0.1) is 10.6 Å². The van der Waals surface area contributed by atoms with E-state index in [0.29, 0.717) is 16.5 Å². The van der Waals surface area contributed by atoms with Gasteiger partial charge in [-0.3, -0.25) is 0 Å². The molecule has 2 aromatic rings. The van der Waals surface area contributed by atoms with Gasteiger partial charge in [-0.05, 0) is 55.0 Å². The van der Waals surface area contributed by atoms with Gasteiger partial charge in [-0.2, -0.15) is 0 Å². The molecule has 2 aromatic carbocycles. The van der Waals surface area contributed by atoms with Crippen molar-refractivity contribution in [1.82, 2.24) is 0 Å². The van der Waals surface area contributed by atoms with Crippen molar-refractivity contribution in [3.63, 3.8) is 0 Å². The van der Waals surface area contributed by atoms with E-state index in [4.69, 9.17) is 17.3 Å². The third kappa shape index (κ3) is 3.83. The van der Waals surface area contributed by atoms with Crippen molar-refractivity contribution in [2.45, 2.75) is 11.8 Å². The molecular weight excluding hydrogens is 308 g/mol. The van der Waals surface area contributed by atoms with E-state index in [9.17, 15) is 8.42 Å². The molecule has 6 heteroatoms. The maximum absolute atomic E-state index is 11.4. The van der Waals surface area contributed by atoms with E-state index in [0.717, 1.165) is 17.4 Å². The Morgan fingerprint density at radius 3 is 2.29 bits per heavy atom. The van der Waals surface area contributed by atoms with E-state index in [-0.39, 0.29) is 4.90 Å². The van der Waals surface area contributed by atoms with Crippen molar-refractivity contribution >= 4 is 33.0 Å². The van der Waals surface area contributed by atoms with Crippen LogP contribution in [0.4, 0.5) is 5.69 Å². The van der Waals surface area contributed by atoms with Crippen LogP contribution in [0.2, 0.25) is 5.02 Å². The molecule has 0 aliphatic heterocycles. The molecule has 2 N–H and O–H groups in total. The van der Waals surface area contributed by atoms with Crippen molar-refractivity contribution in [1.29, 1.82) is 0 Å². The number of rotatable bonds is 3. The van der Waals surface area contributed by atoms with Gasteiger partial charge >= 0.3 is 0 Å². The lowest BCUT2D eigenvalue weighted by atomic mass is 10.1. The van der Waals surface area contributed by atoms with Crippen molar-refractivity contribution in [3.8, 4) is 0 Å². The van der Waals surface area contributed by atoms with Crippen LogP contribution >= 0.6 is 11.6 Å². The van der Waals surface area contributed by atoms with Crippen LogP contribution in [0, 0.1) is 6.92 Å². The average Bonchev–Trinajstić information content (AvgIpc) is 2.41. The number of hydrogen-bond acceptors (Lipinski definition) is 3. The average molecular weight is 323 g/mol. The molecule has 0 saturated heterocycles. The fraction of sp³-hybridized carbons (Fsp3) is 0.133. The van der Waals surface area contributed by atoms with Crippen LogP contribution in [0.3, 0.4) is 0 Å². The van der Waals surface area contributed by atoms with E-state index < -0.39 is 9.84 Å². The summed E-state index contributed by atoms with van der Waals surface area (Å²) in [5.74, 6) is 0.349. The Morgan fingerprint density at radius 1 is 1.14 bits per heavy atom. The minimum atomic E-state index is -3.20. The second-order valence-corrected chi connectivity index (χ2v) is 7.15. The Morgan fingerprint density at radius 2 is 1.76 bits per heavy atom. The highest BCUT2D eigenvalue weighted by molar-refractivity contribution is 7.90. The summed E-state index contributed by atoms with van der Waals surface area (Å²) in [6, 6.07) is 11.7. The molecule has 0 aromatic heterocycles. The Labute approximate surface area is 129 Å². The smallest absolute Gasteiger partial charge is 0.175 e. The molecule has 0 amide bonds. The number of halogens is 1. The Kier molecular flexibility index (Phi) is 4.34. The highest BCUT2D eigenvalue weighted by Gasteiger charge is 2.06. The Balaban J connectivity index is 2.32. The third-order valence-corrected chi connectivity index (χ3v) is 4.52. The molecule has 0 saturated carbocycles. The van der Waals surface area contributed by atoms with Gasteiger partial charge in [-0.25, -0.2) is 13.4 Å². The second-order valence-electron chi connectivity index (χ2n) is 4.73. The molecule has 0 radical (unpaired) electrons. The summed E-state index contributed by atoms with van der Waals surface area (Å²) in [6.07, 6.45) is 1.16. The highest BCUT2D eigenvalue weighted by atomic mass is 35.5. The van der Waals surface area contributed by atoms with Crippen LogP contribution in [0.5, 0.6) is 0 Å². The minimum Gasteiger partial charge on any atom is -0.383 e. The molecule has 0 atom stereocenters. The second kappa shape index (κ2) is 5.87. The lowest BCUT2D eigenvalue weighted by Gasteiger charge is -2.04. The number of amidine groups is 1. The van der Waals surface area contributed by atoms with Crippen molar-refractivity contribution in [2.24, 2.45) is 10.7 Å². The third-order valence-electron chi connectivity index (χ3n) is 2.97. The van der Waals surface area contributed by atoms with Gasteiger partial charge in [0.1, 0.15) is 5.84 Å². The first kappa shape index (κ1) is 15.5. The Bertz CT molecular complexity index is 797. The van der Waals surface area contributed by atoms with Crippen LogP contribution in [0.1, 0.15) is 11.1 Å². The van der Waals surface area contributed by atoms with Crippen LogP contribution in [0.15, 0.2) is 52.4 Å². The fourth-order valence-electron chi connectivity index (χ4n) is 1.78. The number of benzene rings is 2. The van der Waals surface area contributed by atoms with E-state index >= 15 is 0 Å². The minimum absolute atomic E-state index is 0.252. The normalized spacial score (nSPS) is 12.4. The number of nitrogens with two attached hydrogens (primary N) is 1. The number of hydrogen-bond donors (Lipinski definition) is 1. The van der Waals surface area contributed by atoms with E-state index in [1.54, 1.807) is 24.3 Å². The maximum Gasteiger partial charge on any atom is 0.175 e. The van der Waals surface area contributed by atoms with Crippen molar-refractivity contribution < 1.29 is 8.42 Å². The first-order valence-electron chi connectivity index (χ1n) is 6.18. The summed E-state index contributed by atoms with van der Waals surface area (Å²) >= 11 is 5.97. The molecule has 0 unspecified atom stereocenters. The fourth-order valence-corrected chi connectivity index (χ4v) is 2.52. The first-order chi connectivity index (χ1) is 9.77. The molecule has 4 nitrogen and oxygen atoms in total. The van der Waals surface area contributed by atoms with E-state index in [1.807, 2.05) is 13.0 Å². The molecule has 0 bridgehead atoms.